The van der Waals surface area contributed by atoms with Gasteiger partial charge in [-0.15, -0.1) is 0 Å². The number of aliphatic hydroxyl groups excluding tert-OH is 1. The summed E-state index contributed by atoms with van der Waals surface area (Å²) >= 11 is 14.2. The molecular formula is C37H38Cl2N6O4. The topological polar surface area (TPSA) is 130 Å². The van der Waals surface area contributed by atoms with Crippen molar-refractivity contribution < 1.29 is 14.6 Å². The van der Waals surface area contributed by atoms with E-state index in [2.05, 4.69) is 16.0 Å². The van der Waals surface area contributed by atoms with Crippen LogP contribution in [0.3, 0.4) is 0 Å². The molecule has 1 aliphatic rings. The molecule has 0 radical (unpaired) electrons. The SMILES string of the molecule is COc1nc(-c2cccc(-c3cccc(-c4ccn5c(=O)c(CNCC(C)O)c(C)nc5c4)c3Cl)c2Cl)ccc1CNC[C@H]1CCC(=O)N1. The molecule has 5 aromatic rings. The lowest BCUT2D eigenvalue weighted by Crippen LogP contribution is -2.35. The van der Waals surface area contributed by atoms with Crippen LogP contribution in [0.25, 0.3) is 39.2 Å². The Labute approximate surface area is 294 Å². The van der Waals surface area contributed by atoms with Gasteiger partial charge in [-0.2, -0.15) is 0 Å². The highest BCUT2D eigenvalue weighted by Crippen LogP contribution is 2.42. The number of halogens is 2. The van der Waals surface area contributed by atoms with Crippen LogP contribution in [0.4, 0.5) is 0 Å². The van der Waals surface area contributed by atoms with Crippen molar-refractivity contribution in [1.29, 1.82) is 0 Å². The quantitative estimate of drug-likeness (QED) is 0.133. The number of aliphatic hydroxyl groups is 1. The van der Waals surface area contributed by atoms with Crippen molar-refractivity contribution in [2.24, 2.45) is 0 Å². The molecule has 0 saturated carbocycles. The Hall–Kier alpha value is -4.32. The Bertz CT molecular complexity index is 2080. The van der Waals surface area contributed by atoms with Crippen LogP contribution in [0.5, 0.6) is 5.88 Å². The molecule has 2 atom stereocenters. The second kappa shape index (κ2) is 15.1. The second-order valence-corrected chi connectivity index (χ2v) is 13.0. The molecule has 1 unspecified atom stereocenters. The van der Waals surface area contributed by atoms with Crippen LogP contribution < -0.4 is 26.2 Å². The Morgan fingerprint density at radius 1 is 0.980 bits per heavy atom. The normalized spacial score (nSPS) is 15.1. The van der Waals surface area contributed by atoms with E-state index in [9.17, 15) is 14.7 Å². The van der Waals surface area contributed by atoms with Crippen LogP contribution >= 0.6 is 23.2 Å². The molecule has 6 rings (SSSR count). The summed E-state index contributed by atoms with van der Waals surface area (Å²) < 4.78 is 7.16. The first-order valence-electron chi connectivity index (χ1n) is 16.2. The zero-order valence-corrected chi connectivity index (χ0v) is 29.0. The minimum atomic E-state index is -0.517. The Balaban J connectivity index is 1.27. The molecular weight excluding hydrogens is 663 g/mol. The van der Waals surface area contributed by atoms with Crippen molar-refractivity contribution in [3.63, 3.8) is 0 Å². The van der Waals surface area contributed by atoms with Crippen LogP contribution in [0.1, 0.15) is 36.6 Å². The van der Waals surface area contributed by atoms with Crippen LogP contribution in [-0.4, -0.2) is 57.7 Å². The van der Waals surface area contributed by atoms with Gasteiger partial charge >= 0.3 is 0 Å². The predicted octanol–water partition coefficient (Wildman–Crippen LogP) is 5.55. The third-order valence-corrected chi connectivity index (χ3v) is 9.48. The highest BCUT2D eigenvalue weighted by molar-refractivity contribution is 6.39. The lowest BCUT2D eigenvalue weighted by molar-refractivity contribution is -0.119. The van der Waals surface area contributed by atoms with Gasteiger partial charge in [-0.3, -0.25) is 14.0 Å². The number of ether oxygens (including phenoxy) is 1. The largest absolute Gasteiger partial charge is 0.481 e. The first kappa shape index (κ1) is 34.5. The summed E-state index contributed by atoms with van der Waals surface area (Å²) in [5, 5.41) is 20.0. The summed E-state index contributed by atoms with van der Waals surface area (Å²) in [7, 11) is 1.59. The second-order valence-electron chi connectivity index (χ2n) is 12.2. The van der Waals surface area contributed by atoms with Gasteiger partial charge in [0.2, 0.25) is 11.8 Å². The molecule has 4 N–H and O–H groups in total. The summed E-state index contributed by atoms with van der Waals surface area (Å²) in [5.41, 5.74) is 6.86. The molecule has 49 heavy (non-hydrogen) atoms. The third kappa shape index (κ3) is 7.49. The van der Waals surface area contributed by atoms with E-state index in [0.717, 1.165) is 39.8 Å². The highest BCUT2D eigenvalue weighted by atomic mass is 35.5. The number of carbonyl (C=O) groups excluding carboxylic acids is 1. The summed E-state index contributed by atoms with van der Waals surface area (Å²) in [6.45, 7) is 5.40. The number of rotatable bonds is 12. The maximum absolute atomic E-state index is 13.3. The molecule has 0 spiro atoms. The molecule has 2 aromatic carbocycles. The smallest absolute Gasteiger partial charge is 0.262 e. The zero-order chi connectivity index (χ0) is 34.7. The maximum Gasteiger partial charge on any atom is 0.262 e. The van der Waals surface area contributed by atoms with E-state index in [-0.39, 0.29) is 17.5 Å². The number of aromatic nitrogens is 3. The molecule has 10 nitrogen and oxygen atoms in total. The van der Waals surface area contributed by atoms with E-state index in [1.165, 1.54) is 4.40 Å². The predicted molar refractivity (Wildman–Crippen MR) is 193 cm³/mol. The fraction of sp³-hybridized carbons (Fsp3) is 0.297. The number of amides is 1. The van der Waals surface area contributed by atoms with Gasteiger partial charge < -0.3 is 25.8 Å². The Morgan fingerprint density at radius 3 is 2.39 bits per heavy atom. The van der Waals surface area contributed by atoms with Crippen molar-refractivity contribution in [2.75, 3.05) is 20.2 Å². The lowest BCUT2D eigenvalue weighted by Gasteiger charge is -2.16. The molecule has 4 heterocycles. The Morgan fingerprint density at radius 2 is 1.69 bits per heavy atom. The van der Waals surface area contributed by atoms with Crippen molar-refractivity contribution in [3.05, 3.63) is 104 Å². The van der Waals surface area contributed by atoms with Gasteiger partial charge in [0.25, 0.3) is 5.56 Å². The van der Waals surface area contributed by atoms with Gasteiger partial charge in [0.1, 0.15) is 5.65 Å². The average molecular weight is 702 g/mol. The summed E-state index contributed by atoms with van der Waals surface area (Å²) in [4.78, 5) is 34.3. The van der Waals surface area contributed by atoms with Crippen molar-refractivity contribution in [3.8, 4) is 39.4 Å². The number of nitrogens with one attached hydrogen (secondary N) is 3. The molecule has 254 valence electrons. The first-order valence-corrected chi connectivity index (χ1v) is 16.9. The molecule has 0 aliphatic carbocycles. The summed E-state index contributed by atoms with van der Waals surface area (Å²) in [6.07, 6.45) is 2.58. The minimum Gasteiger partial charge on any atom is -0.481 e. The number of nitrogens with zero attached hydrogens (tertiary/aromatic N) is 3. The standard InChI is InChI=1S/C37H38Cl2N6O4/c1-21(46)17-40-20-30-22(2)42-32-16-23(14-15-45(32)37(30)48)26-6-4-7-27(34(26)38)28-8-5-9-29(35(28)39)31-12-10-24(36(44-31)49-3)18-41-19-25-11-13-33(47)43-25/h4-10,12,14-16,21,25,40-41,46H,11,13,17-20H2,1-3H3,(H,43,47)/t21?,25-/m1/s1. The highest BCUT2D eigenvalue weighted by Gasteiger charge is 2.21. The summed E-state index contributed by atoms with van der Waals surface area (Å²) in [5.74, 6) is 0.583. The summed E-state index contributed by atoms with van der Waals surface area (Å²) in [6, 6.07) is 19.2. The molecule has 1 amide bonds. The van der Waals surface area contributed by atoms with E-state index >= 15 is 0 Å². The molecule has 0 bridgehead atoms. The lowest BCUT2D eigenvalue weighted by atomic mass is 9.97. The molecule has 1 fully saturated rings. The number of benzene rings is 2. The monoisotopic (exact) mass is 700 g/mol. The van der Waals surface area contributed by atoms with Crippen LogP contribution in [0.2, 0.25) is 10.0 Å². The molecule has 3 aromatic heterocycles. The maximum atomic E-state index is 13.3. The van der Waals surface area contributed by atoms with E-state index in [1.807, 2.05) is 67.6 Å². The van der Waals surface area contributed by atoms with Crippen LogP contribution in [0, 0.1) is 6.92 Å². The van der Waals surface area contributed by atoms with Gasteiger partial charge in [0, 0.05) is 78.3 Å². The fourth-order valence-electron chi connectivity index (χ4n) is 6.11. The van der Waals surface area contributed by atoms with Gasteiger partial charge in [-0.25, -0.2) is 9.97 Å². The van der Waals surface area contributed by atoms with Crippen molar-refractivity contribution in [2.45, 2.75) is 51.9 Å². The third-order valence-electron chi connectivity index (χ3n) is 8.67. The number of pyridine rings is 2. The van der Waals surface area contributed by atoms with Gasteiger partial charge in [0.15, 0.2) is 0 Å². The van der Waals surface area contributed by atoms with Crippen molar-refractivity contribution in [1.82, 2.24) is 30.3 Å². The van der Waals surface area contributed by atoms with Gasteiger partial charge in [-0.1, -0.05) is 65.7 Å². The molecule has 1 saturated heterocycles. The van der Waals surface area contributed by atoms with E-state index in [0.29, 0.717) is 71.1 Å². The van der Waals surface area contributed by atoms with Gasteiger partial charge in [-0.05, 0) is 44.0 Å². The minimum absolute atomic E-state index is 0.0926. The van der Waals surface area contributed by atoms with E-state index < -0.39 is 6.10 Å². The van der Waals surface area contributed by atoms with Crippen LogP contribution in [0.15, 0.2) is 71.7 Å². The van der Waals surface area contributed by atoms with E-state index in [1.54, 1.807) is 20.2 Å². The Kier molecular flexibility index (Phi) is 10.6. The zero-order valence-electron chi connectivity index (χ0n) is 27.5. The number of fused-ring (bicyclic) bond motifs is 1. The number of aryl methyl sites for hydroxylation is 1. The average Bonchev–Trinajstić information content (AvgIpc) is 3.51. The first-order chi connectivity index (χ1) is 23.6. The van der Waals surface area contributed by atoms with Crippen LogP contribution in [-0.2, 0) is 17.9 Å². The number of carbonyl (C=O) groups is 1. The number of hydrogen-bond acceptors (Lipinski definition) is 8. The fourth-order valence-corrected chi connectivity index (χ4v) is 6.77. The van der Waals surface area contributed by atoms with E-state index in [4.69, 9.17) is 37.9 Å². The van der Waals surface area contributed by atoms with Gasteiger partial charge in [0.05, 0.1) is 34.5 Å². The number of hydrogen-bond donors (Lipinski definition) is 4. The number of methoxy groups -OCH3 is 1. The molecule has 12 heteroatoms. The molecule has 1 aliphatic heterocycles. The van der Waals surface area contributed by atoms with Crippen molar-refractivity contribution >= 4 is 34.8 Å².